The van der Waals surface area contributed by atoms with Gasteiger partial charge in [-0.05, 0) is 36.8 Å². The Labute approximate surface area is 99.3 Å². The molecule has 0 fully saturated rings. The Morgan fingerprint density at radius 2 is 1.69 bits per heavy atom. The largest absolute Gasteiger partial charge is 0.390 e. The van der Waals surface area contributed by atoms with E-state index >= 15 is 0 Å². The number of aliphatic hydroxyl groups is 1. The Balaban J connectivity index is 2.78. The van der Waals surface area contributed by atoms with Gasteiger partial charge in [-0.1, -0.05) is 27.7 Å². The molecule has 1 rings (SSSR count). The molecule has 0 saturated heterocycles. The molecule has 0 amide bonds. The zero-order chi connectivity index (χ0) is 12.1. The van der Waals surface area contributed by atoms with Gasteiger partial charge in [0, 0.05) is 17.9 Å². The Hall–Kier alpha value is -0.760. The van der Waals surface area contributed by atoms with Gasteiger partial charge in [-0.2, -0.15) is 0 Å². The minimum atomic E-state index is 0.147. The van der Waals surface area contributed by atoms with Crippen molar-refractivity contribution in [1.82, 2.24) is 4.57 Å². The minimum Gasteiger partial charge on any atom is -0.390 e. The second-order valence-corrected chi connectivity index (χ2v) is 5.41. The fraction of sp³-hybridized carbons (Fsp3) is 0.714. The summed E-state index contributed by atoms with van der Waals surface area (Å²) in [5.74, 6) is 1.36. The van der Waals surface area contributed by atoms with Crippen LogP contribution in [0.5, 0.6) is 0 Å². The molecule has 1 heterocycles. The average Bonchev–Trinajstić information content (AvgIpc) is 2.56. The van der Waals surface area contributed by atoms with Gasteiger partial charge in [0.2, 0.25) is 0 Å². The van der Waals surface area contributed by atoms with E-state index in [1.807, 2.05) is 0 Å². The summed E-state index contributed by atoms with van der Waals surface area (Å²) in [6.07, 6.45) is 2.33. The normalized spacial score (nSPS) is 11.7. The molecule has 16 heavy (non-hydrogen) atoms. The standard InChI is InChI=1S/C14H25NO/c1-11(2)5-6-13-7-8-14(10-16)15(13)9-12(3)4/h7-8,11-12,16H,5-6,9-10H2,1-4H3. The maximum atomic E-state index is 9.30. The molecule has 0 saturated carbocycles. The minimum absolute atomic E-state index is 0.147. The number of nitrogens with zero attached hydrogens (tertiary/aromatic N) is 1. The van der Waals surface area contributed by atoms with E-state index in [1.165, 1.54) is 12.1 Å². The Morgan fingerprint density at radius 1 is 1.06 bits per heavy atom. The zero-order valence-corrected chi connectivity index (χ0v) is 11.0. The molecule has 1 N–H and O–H groups in total. The summed E-state index contributed by atoms with van der Waals surface area (Å²) in [6.45, 7) is 10.1. The molecule has 2 heteroatoms. The molecule has 0 unspecified atom stereocenters. The summed E-state index contributed by atoms with van der Waals surface area (Å²) >= 11 is 0. The lowest BCUT2D eigenvalue weighted by Crippen LogP contribution is -2.11. The number of hydrogen-bond donors (Lipinski definition) is 1. The van der Waals surface area contributed by atoms with Crippen LogP contribution in [0.15, 0.2) is 12.1 Å². The summed E-state index contributed by atoms with van der Waals surface area (Å²) in [5, 5.41) is 9.30. The molecule has 0 aliphatic heterocycles. The van der Waals surface area contributed by atoms with Crippen LogP contribution in [0.4, 0.5) is 0 Å². The third-order valence-corrected chi connectivity index (χ3v) is 2.85. The number of aliphatic hydroxyl groups excluding tert-OH is 1. The first-order valence-corrected chi connectivity index (χ1v) is 6.32. The first kappa shape index (κ1) is 13.3. The van der Waals surface area contributed by atoms with Gasteiger partial charge in [0.05, 0.1) is 6.61 Å². The van der Waals surface area contributed by atoms with Crippen molar-refractivity contribution in [1.29, 1.82) is 0 Å². The van der Waals surface area contributed by atoms with Crippen LogP contribution in [0.25, 0.3) is 0 Å². The molecule has 0 bridgehead atoms. The maximum Gasteiger partial charge on any atom is 0.0832 e. The van der Waals surface area contributed by atoms with Crippen LogP contribution in [0.1, 0.15) is 45.5 Å². The molecule has 2 nitrogen and oxygen atoms in total. The maximum absolute atomic E-state index is 9.30. The van der Waals surface area contributed by atoms with E-state index in [0.29, 0.717) is 5.92 Å². The predicted octanol–water partition coefficient (Wildman–Crippen LogP) is 3.23. The van der Waals surface area contributed by atoms with Crippen LogP contribution in [0.3, 0.4) is 0 Å². The number of aromatic nitrogens is 1. The molecule has 0 atom stereocenters. The average molecular weight is 223 g/mol. The summed E-state index contributed by atoms with van der Waals surface area (Å²) in [7, 11) is 0. The number of hydrogen-bond acceptors (Lipinski definition) is 1. The van der Waals surface area contributed by atoms with Crippen molar-refractivity contribution in [2.75, 3.05) is 0 Å². The summed E-state index contributed by atoms with van der Waals surface area (Å²) in [5.41, 5.74) is 2.42. The van der Waals surface area contributed by atoms with Crippen molar-refractivity contribution in [3.63, 3.8) is 0 Å². The SMILES string of the molecule is CC(C)CCc1ccc(CO)n1CC(C)C. The molecule has 0 spiro atoms. The molecule has 1 aromatic heterocycles. The summed E-state index contributed by atoms with van der Waals surface area (Å²) < 4.78 is 2.28. The number of aryl methyl sites for hydroxylation is 1. The fourth-order valence-electron chi connectivity index (χ4n) is 1.95. The molecular formula is C14H25NO. The lowest BCUT2D eigenvalue weighted by Gasteiger charge is -2.15. The Morgan fingerprint density at radius 3 is 2.19 bits per heavy atom. The van der Waals surface area contributed by atoms with Gasteiger partial charge in [-0.25, -0.2) is 0 Å². The third-order valence-electron chi connectivity index (χ3n) is 2.85. The van der Waals surface area contributed by atoms with E-state index in [1.54, 1.807) is 0 Å². The topological polar surface area (TPSA) is 25.2 Å². The van der Waals surface area contributed by atoms with E-state index in [9.17, 15) is 5.11 Å². The zero-order valence-electron chi connectivity index (χ0n) is 11.0. The van der Waals surface area contributed by atoms with Gasteiger partial charge < -0.3 is 9.67 Å². The Bertz CT molecular complexity index is 313. The Kier molecular flexibility index (Phi) is 5.07. The van der Waals surface area contributed by atoms with E-state index in [4.69, 9.17) is 0 Å². The van der Waals surface area contributed by atoms with Gasteiger partial charge in [0.1, 0.15) is 0 Å². The monoisotopic (exact) mass is 223 g/mol. The quantitative estimate of drug-likeness (QED) is 0.787. The number of rotatable bonds is 6. The van der Waals surface area contributed by atoms with Crippen LogP contribution >= 0.6 is 0 Å². The molecule has 1 aromatic rings. The van der Waals surface area contributed by atoms with Crippen LogP contribution in [0.2, 0.25) is 0 Å². The van der Waals surface area contributed by atoms with Crippen molar-refractivity contribution >= 4 is 0 Å². The van der Waals surface area contributed by atoms with E-state index < -0.39 is 0 Å². The second kappa shape index (κ2) is 6.09. The molecule has 0 aromatic carbocycles. The van der Waals surface area contributed by atoms with E-state index in [-0.39, 0.29) is 6.61 Å². The van der Waals surface area contributed by atoms with Gasteiger partial charge in [0.25, 0.3) is 0 Å². The predicted molar refractivity (Wildman–Crippen MR) is 68.4 cm³/mol. The van der Waals surface area contributed by atoms with Crippen molar-refractivity contribution < 1.29 is 5.11 Å². The van der Waals surface area contributed by atoms with Crippen LogP contribution in [-0.2, 0) is 19.6 Å². The van der Waals surface area contributed by atoms with Gasteiger partial charge in [-0.15, -0.1) is 0 Å². The van der Waals surface area contributed by atoms with Crippen molar-refractivity contribution in [3.05, 3.63) is 23.5 Å². The summed E-state index contributed by atoms with van der Waals surface area (Å²) in [4.78, 5) is 0. The highest BCUT2D eigenvalue weighted by atomic mass is 16.3. The van der Waals surface area contributed by atoms with E-state index in [2.05, 4.69) is 44.4 Å². The van der Waals surface area contributed by atoms with Crippen LogP contribution in [0, 0.1) is 11.8 Å². The summed E-state index contributed by atoms with van der Waals surface area (Å²) in [6, 6.07) is 4.22. The van der Waals surface area contributed by atoms with Crippen LogP contribution in [-0.4, -0.2) is 9.67 Å². The smallest absolute Gasteiger partial charge is 0.0832 e. The molecule has 0 radical (unpaired) electrons. The van der Waals surface area contributed by atoms with Gasteiger partial charge in [-0.3, -0.25) is 0 Å². The highest BCUT2D eigenvalue weighted by molar-refractivity contribution is 5.16. The highest BCUT2D eigenvalue weighted by Gasteiger charge is 2.09. The molecule has 0 aliphatic rings. The van der Waals surface area contributed by atoms with Crippen LogP contribution < -0.4 is 0 Å². The lowest BCUT2D eigenvalue weighted by atomic mass is 10.1. The van der Waals surface area contributed by atoms with Crippen molar-refractivity contribution in [2.24, 2.45) is 11.8 Å². The third kappa shape index (κ3) is 3.67. The second-order valence-electron chi connectivity index (χ2n) is 5.41. The van der Waals surface area contributed by atoms with E-state index in [0.717, 1.165) is 24.6 Å². The lowest BCUT2D eigenvalue weighted by molar-refractivity contribution is 0.267. The highest BCUT2D eigenvalue weighted by Crippen LogP contribution is 2.16. The fourth-order valence-corrected chi connectivity index (χ4v) is 1.95. The van der Waals surface area contributed by atoms with Gasteiger partial charge in [0.15, 0.2) is 0 Å². The van der Waals surface area contributed by atoms with Crippen molar-refractivity contribution in [2.45, 2.75) is 53.7 Å². The first-order valence-electron chi connectivity index (χ1n) is 6.32. The van der Waals surface area contributed by atoms with Crippen molar-refractivity contribution in [3.8, 4) is 0 Å². The molecule has 0 aliphatic carbocycles. The molecule has 92 valence electrons. The molecular weight excluding hydrogens is 198 g/mol. The first-order chi connectivity index (χ1) is 7.54. The van der Waals surface area contributed by atoms with Gasteiger partial charge >= 0.3 is 0 Å².